The lowest BCUT2D eigenvalue weighted by molar-refractivity contribution is 0.415. The van der Waals surface area contributed by atoms with Crippen LogP contribution in [0, 0.1) is 0 Å². The van der Waals surface area contributed by atoms with Gasteiger partial charge in [0, 0.05) is 17.3 Å². The van der Waals surface area contributed by atoms with Gasteiger partial charge in [0.1, 0.15) is 17.8 Å². The third-order valence-corrected chi connectivity index (χ3v) is 2.77. The maximum atomic E-state index is 6.11. The van der Waals surface area contributed by atoms with Crippen LogP contribution in [0.15, 0.2) is 30.6 Å². The van der Waals surface area contributed by atoms with Gasteiger partial charge >= 0.3 is 0 Å². The Balaban J connectivity index is 2.17. The van der Waals surface area contributed by atoms with E-state index in [1.54, 1.807) is 7.11 Å². The molecule has 5 N–H and O–H groups in total. The van der Waals surface area contributed by atoms with Crippen LogP contribution in [0.25, 0.3) is 0 Å². The molecule has 0 atom stereocenters. The lowest BCUT2D eigenvalue weighted by Gasteiger charge is -2.22. The van der Waals surface area contributed by atoms with Crippen molar-refractivity contribution >= 4 is 23.0 Å². The van der Waals surface area contributed by atoms with Gasteiger partial charge in [-0.15, -0.1) is 0 Å². The molecule has 2 aromatic rings. The lowest BCUT2D eigenvalue weighted by Crippen LogP contribution is -2.40. The first-order valence-corrected chi connectivity index (χ1v) is 6.94. The summed E-state index contributed by atoms with van der Waals surface area (Å²) in [6.07, 6.45) is 1.45. The number of aromatic nitrogens is 2. The smallest absolute Gasteiger partial charge is 0.169 e. The molecule has 0 aliphatic carbocycles. The number of methoxy groups -OCH3 is 1. The second-order valence-corrected chi connectivity index (χ2v) is 5.84. The zero-order valence-electron chi connectivity index (χ0n) is 13.3. The summed E-state index contributed by atoms with van der Waals surface area (Å²) in [5, 5.41) is 3.16. The molecule has 0 saturated carbocycles. The van der Waals surface area contributed by atoms with Crippen LogP contribution in [-0.2, 0) is 0 Å². The zero-order chi connectivity index (χ0) is 16.2. The number of nitrogen functional groups attached to an aromatic ring is 1. The normalized spacial score (nSPS) is 11.1. The average Bonchev–Trinajstić information content (AvgIpc) is 2.47. The maximum Gasteiger partial charge on any atom is 0.169 e. The van der Waals surface area contributed by atoms with Crippen molar-refractivity contribution in [3.05, 3.63) is 30.6 Å². The summed E-state index contributed by atoms with van der Waals surface area (Å²) in [6, 6.07) is 7.53. The summed E-state index contributed by atoms with van der Waals surface area (Å²) in [7, 11) is 1.62. The summed E-state index contributed by atoms with van der Waals surface area (Å²) in [5.74, 6) is 1.81. The Labute approximate surface area is 130 Å². The molecule has 1 aromatic heterocycles. The molecule has 0 fully saturated rings. The number of anilines is 4. The monoisotopic (exact) mass is 302 g/mol. The van der Waals surface area contributed by atoms with E-state index in [1.807, 2.05) is 45.0 Å². The molecule has 0 amide bonds. The Hall–Kier alpha value is -2.54. The zero-order valence-corrected chi connectivity index (χ0v) is 13.3. The van der Waals surface area contributed by atoms with Crippen LogP contribution in [0.4, 0.5) is 23.0 Å². The topological polar surface area (TPSA) is 97.1 Å². The average molecular weight is 302 g/mol. The van der Waals surface area contributed by atoms with Crippen molar-refractivity contribution in [3.63, 3.8) is 0 Å². The molecule has 0 unspecified atom stereocenters. The van der Waals surface area contributed by atoms with Crippen molar-refractivity contribution in [2.75, 3.05) is 23.6 Å². The first-order valence-electron chi connectivity index (χ1n) is 6.94. The fraction of sp³-hybridized carbons (Fsp3) is 0.333. The van der Waals surface area contributed by atoms with Gasteiger partial charge in [0.25, 0.3) is 0 Å². The molecule has 0 saturated heterocycles. The SMILES string of the molecule is COc1cccc(Nc2ncnc(NNC(C)(C)C)c2N)c1. The van der Waals surface area contributed by atoms with Crippen LogP contribution < -0.4 is 26.6 Å². The van der Waals surface area contributed by atoms with Gasteiger partial charge in [-0.05, 0) is 32.9 Å². The minimum atomic E-state index is -0.113. The van der Waals surface area contributed by atoms with Crippen molar-refractivity contribution < 1.29 is 4.74 Å². The van der Waals surface area contributed by atoms with Crippen LogP contribution in [0.2, 0.25) is 0 Å². The molecule has 1 aromatic carbocycles. The van der Waals surface area contributed by atoms with Crippen molar-refractivity contribution in [1.29, 1.82) is 0 Å². The molecular weight excluding hydrogens is 280 g/mol. The van der Waals surface area contributed by atoms with Crippen LogP contribution in [0.5, 0.6) is 5.75 Å². The summed E-state index contributed by atoms with van der Waals surface area (Å²) < 4.78 is 5.20. The van der Waals surface area contributed by atoms with Gasteiger partial charge in [-0.25, -0.2) is 15.4 Å². The molecule has 0 bridgehead atoms. The highest BCUT2D eigenvalue weighted by molar-refractivity contribution is 5.77. The summed E-state index contributed by atoms with van der Waals surface area (Å²) in [6.45, 7) is 6.10. The Morgan fingerprint density at radius 2 is 1.86 bits per heavy atom. The number of nitrogens with zero attached hydrogens (tertiary/aromatic N) is 2. The molecule has 0 radical (unpaired) electrons. The summed E-state index contributed by atoms with van der Waals surface area (Å²) in [5.41, 5.74) is 13.4. The quantitative estimate of drug-likeness (QED) is 0.630. The summed E-state index contributed by atoms with van der Waals surface area (Å²) >= 11 is 0. The van der Waals surface area contributed by atoms with Gasteiger partial charge in [-0.2, -0.15) is 0 Å². The van der Waals surface area contributed by atoms with Crippen molar-refractivity contribution in [1.82, 2.24) is 15.4 Å². The fourth-order valence-corrected chi connectivity index (χ4v) is 1.68. The molecular formula is C15H22N6O. The number of nitrogens with one attached hydrogen (secondary N) is 3. The van der Waals surface area contributed by atoms with Crippen LogP contribution in [0.1, 0.15) is 20.8 Å². The van der Waals surface area contributed by atoms with E-state index in [9.17, 15) is 0 Å². The Morgan fingerprint density at radius 3 is 2.55 bits per heavy atom. The van der Waals surface area contributed by atoms with Crippen LogP contribution >= 0.6 is 0 Å². The first kappa shape index (κ1) is 15.8. The van der Waals surface area contributed by atoms with E-state index in [-0.39, 0.29) is 5.54 Å². The van der Waals surface area contributed by atoms with Crippen molar-refractivity contribution in [2.24, 2.45) is 0 Å². The van der Waals surface area contributed by atoms with E-state index >= 15 is 0 Å². The largest absolute Gasteiger partial charge is 0.497 e. The number of hydrazine groups is 1. The van der Waals surface area contributed by atoms with Crippen LogP contribution in [-0.4, -0.2) is 22.6 Å². The first-order chi connectivity index (χ1) is 10.4. The van der Waals surface area contributed by atoms with E-state index in [4.69, 9.17) is 10.5 Å². The molecule has 118 valence electrons. The molecule has 0 aliphatic heterocycles. The van der Waals surface area contributed by atoms with Gasteiger partial charge in [0.05, 0.1) is 7.11 Å². The number of benzene rings is 1. The minimum absolute atomic E-state index is 0.113. The Morgan fingerprint density at radius 1 is 1.14 bits per heavy atom. The number of rotatable bonds is 5. The third kappa shape index (κ3) is 4.23. The van der Waals surface area contributed by atoms with Crippen LogP contribution in [0.3, 0.4) is 0 Å². The molecule has 0 aliphatic rings. The van der Waals surface area contributed by atoms with E-state index in [1.165, 1.54) is 6.33 Å². The number of hydrogen-bond donors (Lipinski definition) is 4. The fourth-order valence-electron chi connectivity index (χ4n) is 1.68. The summed E-state index contributed by atoms with van der Waals surface area (Å²) in [4.78, 5) is 8.32. The molecule has 1 heterocycles. The van der Waals surface area contributed by atoms with Gasteiger partial charge in [0.15, 0.2) is 11.6 Å². The number of hydrogen-bond acceptors (Lipinski definition) is 7. The van der Waals surface area contributed by atoms with E-state index < -0.39 is 0 Å². The number of nitrogens with two attached hydrogens (primary N) is 1. The second kappa shape index (κ2) is 6.48. The van der Waals surface area contributed by atoms with Gasteiger partial charge in [-0.3, -0.25) is 0 Å². The Bertz CT molecular complexity index is 638. The molecule has 2 rings (SSSR count). The lowest BCUT2D eigenvalue weighted by atomic mass is 10.1. The third-order valence-electron chi connectivity index (χ3n) is 2.77. The molecule has 7 heteroatoms. The van der Waals surface area contributed by atoms with Gasteiger partial charge in [0.2, 0.25) is 0 Å². The second-order valence-electron chi connectivity index (χ2n) is 5.84. The van der Waals surface area contributed by atoms with E-state index in [0.29, 0.717) is 17.3 Å². The standard InChI is InChI=1S/C15H22N6O/c1-15(2,3)21-20-14-12(16)13(17-9-18-14)19-10-6-5-7-11(8-10)22-4/h5-9,21H,16H2,1-4H3,(H2,17,18,19,20). The molecule has 0 spiro atoms. The minimum Gasteiger partial charge on any atom is -0.497 e. The predicted molar refractivity (Wildman–Crippen MR) is 89.2 cm³/mol. The van der Waals surface area contributed by atoms with E-state index in [2.05, 4.69) is 26.1 Å². The maximum absolute atomic E-state index is 6.11. The van der Waals surface area contributed by atoms with Gasteiger partial charge < -0.3 is 21.2 Å². The highest BCUT2D eigenvalue weighted by atomic mass is 16.5. The predicted octanol–water partition coefficient (Wildman–Crippen LogP) is 2.53. The van der Waals surface area contributed by atoms with E-state index in [0.717, 1.165) is 11.4 Å². The Kier molecular flexibility index (Phi) is 4.67. The molecule has 7 nitrogen and oxygen atoms in total. The number of ether oxygens (including phenoxy) is 1. The van der Waals surface area contributed by atoms with Crippen molar-refractivity contribution in [2.45, 2.75) is 26.3 Å². The highest BCUT2D eigenvalue weighted by Crippen LogP contribution is 2.27. The van der Waals surface area contributed by atoms with Crippen molar-refractivity contribution in [3.8, 4) is 5.75 Å². The molecule has 22 heavy (non-hydrogen) atoms. The highest BCUT2D eigenvalue weighted by Gasteiger charge is 2.12. The van der Waals surface area contributed by atoms with Gasteiger partial charge in [-0.1, -0.05) is 6.07 Å².